The number of hydrogen-bond acceptors (Lipinski definition) is 9. The zero-order chi connectivity index (χ0) is 19.6. The molecule has 0 radical (unpaired) electrons. The third-order valence-corrected chi connectivity index (χ3v) is 5.38. The van der Waals surface area contributed by atoms with Gasteiger partial charge in [-0.05, 0) is 6.42 Å². The molecule has 0 aliphatic carbocycles. The fourth-order valence-corrected chi connectivity index (χ4v) is 3.65. The molecule has 3 rings (SSSR count). The highest BCUT2D eigenvalue weighted by Gasteiger charge is 2.45. The number of aliphatic hydroxyl groups is 2. The molecule has 12 nitrogen and oxygen atoms in total. The van der Waals surface area contributed by atoms with Gasteiger partial charge in [-0.1, -0.05) is 13.3 Å². The molecule has 1 aliphatic heterocycles. The second-order valence-electron chi connectivity index (χ2n) is 6.21. The van der Waals surface area contributed by atoms with Crippen molar-refractivity contribution in [2.45, 2.75) is 44.3 Å². The number of nitrogens with one attached hydrogen (secondary N) is 1. The van der Waals surface area contributed by atoms with E-state index in [0.717, 1.165) is 12.8 Å². The van der Waals surface area contributed by atoms with Crippen molar-refractivity contribution in [3.8, 4) is 0 Å². The molecule has 3 heterocycles. The van der Waals surface area contributed by atoms with Crippen molar-refractivity contribution in [2.75, 3.05) is 18.9 Å². The minimum absolute atomic E-state index is 0.172. The van der Waals surface area contributed by atoms with Gasteiger partial charge in [0.2, 0.25) is 0 Å². The van der Waals surface area contributed by atoms with Gasteiger partial charge in [-0.25, -0.2) is 24.6 Å². The van der Waals surface area contributed by atoms with Crippen LogP contribution in [0.25, 0.3) is 11.2 Å². The molecule has 1 saturated heterocycles. The summed E-state index contributed by atoms with van der Waals surface area (Å²) in [5, 5.41) is 23.0. The van der Waals surface area contributed by atoms with Gasteiger partial charge in [-0.15, -0.1) is 0 Å². The predicted molar refractivity (Wildman–Crippen MR) is 94.3 cm³/mol. The van der Waals surface area contributed by atoms with Crippen molar-refractivity contribution in [1.29, 1.82) is 0 Å². The largest absolute Gasteiger partial charge is 0.403 e. The summed E-state index contributed by atoms with van der Waals surface area (Å²) in [6.07, 6.45) is -0.496. The summed E-state index contributed by atoms with van der Waals surface area (Å²) >= 11 is 0. The van der Waals surface area contributed by atoms with Crippen molar-refractivity contribution >= 4 is 24.7 Å². The Kier molecular flexibility index (Phi) is 6.06. The van der Waals surface area contributed by atoms with Crippen LogP contribution in [0, 0.1) is 0 Å². The summed E-state index contributed by atoms with van der Waals surface area (Å²) in [4.78, 5) is 21.7. The maximum Gasteiger partial charge on any atom is 0.403 e. The number of unbranched alkanes of at least 4 members (excludes halogenated alkanes) is 1. The molecule has 1 aliphatic rings. The van der Waals surface area contributed by atoms with E-state index in [2.05, 4.69) is 20.0 Å². The number of nitrogen functional groups attached to an aromatic ring is 1. The van der Waals surface area contributed by atoms with Gasteiger partial charge in [0, 0.05) is 6.54 Å². The summed E-state index contributed by atoms with van der Waals surface area (Å²) in [6.45, 7) is 1.89. The summed E-state index contributed by atoms with van der Waals surface area (Å²) in [5.74, 6) is 0.172. The Hall–Kier alpha value is -1.66. The summed E-state index contributed by atoms with van der Waals surface area (Å²) in [5.41, 5.74) is 6.40. The van der Waals surface area contributed by atoms with Gasteiger partial charge < -0.3 is 25.6 Å². The Morgan fingerprint density at radius 2 is 2.15 bits per heavy atom. The average molecular weight is 402 g/mol. The highest BCUT2D eigenvalue weighted by Crippen LogP contribution is 2.39. The summed E-state index contributed by atoms with van der Waals surface area (Å²) < 4.78 is 24.0. The summed E-state index contributed by atoms with van der Waals surface area (Å²) in [7, 11) is -4.03. The predicted octanol–water partition coefficient (Wildman–Crippen LogP) is -0.466. The minimum atomic E-state index is -4.03. The Morgan fingerprint density at radius 3 is 2.89 bits per heavy atom. The first-order valence-corrected chi connectivity index (χ1v) is 10.1. The normalized spacial score (nSPS) is 27.9. The smallest absolute Gasteiger partial charge is 0.387 e. The number of aromatic nitrogens is 4. The van der Waals surface area contributed by atoms with E-state index < -0.39 is 32.3 Å². The highest BCUT2D eigenvalue weighted by atomic mass is 31.2. The van der Waals surface area contributed by atoms with Crippen LogP contribution in [0.2, 0.25) is 0 Å². The van der Waals surface area contributed by atoms with Crippen LogP contribution in [0.1, 0.15) is 26.0 Å². The van der Waals surface area contributed by atoms with E-state index in [-0.39, 0.29) is 12.4 Å². The van der Waals surface area contributed by atoms with Crippen molar-refractivity contribution in [3.63, 3.8) is 0 Å². The van der Waals surface area contributed by atoms with Gasteiger partial charge in [0.15, 0.2) is 17.7 Å². The topological polar surface area (TPSA) is 178 Å². The molecule has 0 amide bonds. The number of fused-ring (bicyclic) bond motifs is 1. The monoisotopic (exact) mass is 402 g/mol. The lowest BCUT2D eigenvalue weighted by atomic mass is 10.1. The molecule has 2 aromatic rings. The van der Waals surface area contributed by atoms with Crippen molar-refractivity contribution < 1.29 is 28.9 Å². The maximum atomic E-state index is 11.9. The zero-order valence-electron chi connectivity index (χ0n) is 14.7. The average Bonchev–Trinajstić information content (AvgIpc) is 3.17. The Labute approximate surface area is 154 Å². The van der Waals surface area contributed by atoms with Crippen LogP contribution in [0.3, 0.4) is 0 Å². The van der Waals surface area contributed by atoms with Crippen LogP contribution in [0.4, 0.5) is 5.82 Å². The van der Waals surface area contributed by atoms with Crippen molar-refractivity contribution in [3.05, 3.63) is 12.7 Å². The highest BCUT2D eigenvalue weighted by molar-refractivity contribution is 7.50. The van der Waals surface area contributed by atoms with E-state index in [1.54, 1.807) is 0 Å². The molecule has 2 aromatic heterocycles. The SMILES string of the molecule is CCCCNP(=O)(O)OC[C@H]1O[C@@H](n2cnc3c(N)ncnc32)[C@H](O)[C@@H]1O. The molecule has 5 atom stereocenters. The lowest BCUT2D eigenvalue weighted by Crippen LogP contribution is -2.34. The fourth-order valence-electron chi connectivity index (χ4n) is 2.77. The number of rotatable bonds is 8. The molecular formula is C14H23N6O6P. The molecule has 0 aromatic carbocycles. The van der Waals surface area contributed by atoms with Crippen LogP contribution in [0.5, 0.6) is 0 Å². The lowest BCUT2D eigenvalue weighted by Gasteiger charge is -2.18. The van der Waals surface area contributed by atoms with E-state index in [1.807, 2.05) is 6.92 Å². The third-order valence-electron chi connectivity index (χ3n) is 4.25. The number of hydrogen-bond donors (Lipinski definition) is 5. The van der Waals surface area contributed by atoms with Crippen LogP contribution >= 0.6 is 7.75 Å². The van der Waals surface area contributed by atoms with E-state index in [9.17, 15) is 19.7 Å². The number of nitrogens with two attached hydrogens (primary N) is 1. The van der Waals surface area contributed by atoms with Gasteiger partial charge >= 0.3 is 7.75 Å². The Morgan fingerprint density at radius 1 is 1.37 bits per heavy atom. The fraction of sp³-hybridized carbons (Fsp3) is 0.643. The van der Waals surface area contributed by atoms with Gasteiger partial charge in [-0.3, -0.25) is 9.09 Å². The molecule has 1 fully saturated rings. The molecule has 150 valence electrons. The molecule has 1 unspecified atom stereocenters. The molecule has 6 N–H and O–H groups in total. The molecule has 0 bridgehead atoms. The second-order valence-corrected chi connectivity index (χ2v) is 7.82. The van der Waals surface area contributed by atoms with E-state index in [0.29, 0.717) is 17.7 Å². The number of anilines is 1. The molecular weight excluding hydrogens is 379 g/mol. The number of ether oxygens (including phenoxy) is 1. The quantitative estimate of drug-likeness (QED) is 0.285. The van der Waals surface area contributed by atoms with Crippen molar-refractivity contribution in [1.82, 2.24) is 24.6 Å². The molecule has 27 heavy (non-hydrogen) atoms. The second kappa shape index (κ2) is 8.15. The van der Waals surface area contributed by atoms with Crippen LogP contribution < -0.4 is 10.8 Å². The maximum absolute atomic E-state index is 11.9. The first-order valence-electron chi connectivity index (χ1n) is 8.51. The van der Waals surface area contributed by atoms with Gasteiger partial charge in [0.05, 0.1) is 12.9 Å². The Bertz CT molecular complexity index is 834. The van der Waals surface area contributed by atoms with Crippen LogP contribution in [-0.2, 0) is 13.8 Å². The van der Waals surface area contributed by atoms with Crippen molar-refractivity contribution in [2.24, 2.45) is 0 Å². The van der Waals surface area contributed by atoms with Gasteiger partial charge in [-0.2, -0.15) is 0 Å². The van der Waals surface area contributed by atoms with Gasteiger partial charge in [0.25, 0.3) is 0 Å². The van der Waals surface area contributed by atoms with E-state index >= 15 is 0 Å². The third kappa shape index (κ3) is 4.27. The van der Waals surface area contributed by atoms with Crippen LogP contribution in [-0.4, -0.2) is 66.1 Å². The first-order chi connectivity index (χ1) is 12.8. The first kappa shape index (κ1) is 20.1. The molecule has 0 saturated carbocycles. The number of nitrogens with zero attached hydrogens (tertiary/aromatic N) is 4. The molecule has 13 heteroatoms. The molecule has 0 spiro atoms. The Balaban J connectivity index is 1.68. The lowest BCUT2D eigenvalue weighted by molar-refractivity contribution is -0.0487. The zero-order valence-corrected chi connectivity index (χ0v) is 15.6. The van der Waals surface area contributed by atoms with Crippen LogP contribution in [0.15, 0.2) is 12.7 Å². The van der Waals surface area contributed by atoms with Gasteiger partial charge in [0.1, 0.15) is 30.2 Å². The number of imidazole rings is 1. The summed E-state index contributed by atoms with van der Waals surface area (Å²) in [6, 6.07) is 0. The van der Waals surface area contributed by atoms with E-state index in [4.69, 9.17) is 15.0 Å². The standard InChI is InChI=1S/C14H23N6O6P/c1-2-3-4-19-27(23,24)25-5-8-10(21)11(22)14(26-8)20-7-18-9-12(15)16-6-17-13(9)20/h6-8,10-11,14,21-22H,2-5H2,1H3,(H2,15,16,17)(H2,19,23,24)/t8-,10-,11-,14-/m1/s1. The number of aliphatic hydroxyl groups excluding tert-OH is 2. The van der Waals surface area contributed by atoms with E-state index in [1.165, 1.54) is 17.2 Å². The minimum Gasteiger partial charge on any atom is -0.387 e.